The molecule has 3 aromatic rings. The van der Waals surface area contributed by atoms with E-state index in [1.165, 1.54) is 16.7 Å². The lowest BCUT2D eigenvalue weighted by Crippen LogP contribution is -2.44. The third-order valence-corrected chi connectivity index (χ3v) is 6.69. The number of esters is 1. The van der Waals surface area contributed by atoms with Crippen molar-refractivity contribution in [3.05, 3.63) is 61.4 Å². The fourth-order valence-electron chi connectivity index (χ4n) is 5.12. The number of fused-ring (bicyclic) bond motifs is 5. The van der Waals surface area contributed by atoms with Gasteiger partial charge in [0.25, 0.3) is 5.56 Å². The van der Waals surface area contributed by atoms with E-state index in [0.717, 1.165) is 0 Å². The van der Waals surface area contributed by atoms with Crippen LogP contribution in [0.5, 0.6) is 0 Å². The SMILES string of the molecule is CC[C@@]1(O)C(=O)OCc2c1cc1n(c2=O)Cc2c-1c(=O)c1cc(F)cc3c1n2CCN3. The van der Waals surface area contributed by atoms with E-state index < -0.39 is 22.9 Å². The zero-order valence-corrected chi connectivity index (χ0v) is 16.6. The quantitative estimate of drug-likeness (QED) is 0.449. The molecular formula is C22H18FN3O5. The van der Waals surface area contributed by atoms with Crippen LogP contribution in [-0.4, -0.2) is 26.8 Å². The first-order valence-electron chi connectivity index (χ1n) is 10.1. The van der Waals surface area contributed by atoms with Crippen molar-refractivity contribution in [2.45, 2.75) is 38.6 Å². The molecule has 0 saturated heterocycles. The van der Waals surface area contributed by atoms with E-state index in [2.05, 4.69) is 5.32 Å². The first-order valence-corrected chi connectivity index (χ1v) is 10.1. The number of rotatable bonds is 1. The average Bonchev–Trinajstić information content (AvgIpc) is 3.15. The highest BCUT2D eigenvalue weighted by Gasteiger charge is 2.45. The number of carbonyl (C=O) groups excluding carboxylic acids is 1. The second kappa shape index (κ2) is 5.82. The number of cyclic esters (lactones) is 1. The van der Waals surface area contributed by atoms with Crippen LogP contribution in [0.4, 0.5) is 10.1 Å². The van der Waals surface area contributed by atoms with Gasteiger partial charge in [-0.2, -0.15) is 0 Å². The number of hydrogen-bond donors (Lipinski definition) is 2. The molecule has 2 N–H and O–H groups in total. The molecule has 31 heavy (non-hydrogen) atoms. The molecule has 0 aliphatic carbocycles. The third-order valence-electron chi connectivity index (χ3n) is 6.69. The van der Waals surface area contributed by atoms with Gasteiger partial charge < -0.3 is 24.3 Å². The Morgan fingerprint density at radius 3 is 2.81 bits per heavy atom. The van der Waals surface area contributed by atoms with Gasteiger partial charge in [-0.25, -0.2) is 9.18 Å². The molecule has 9 heteroatoms. The van der Waals surface area contributed by atoms with E-state index in [-0.39, 0.29) is 41.5 Å². The van der Waals surface area contributed by atoms with Gasteiger partial charge in [0.1, 0.15) is 12.4 Å². The molecule has 6 rings (SSSR count). The first kappa shape index (κ1) is 18.3. The maximum Gasteiger partial charge on any atom is 0.343 e. The number of nitrogens with zero attached hydrogens (tertiary/aromatic N) is 2. The van der Waals surface area contributed by atoms with Gasteiger partial charge in [0.05, 0.1) is 45.6 Å². The first-order chi connectivity index (χ1) is 14.8. The number of halogens is 1. The molecule has 5 heterocycles. The zero-order valence-electron chi connectivity index (χ0n) is 16.6. The molecule has 0 radical (unpaired) electrons. The van der Waals surface area contributed by atoms with Gasteiger partial charge in [0.15, 0.2) is 11.0 Å². The molecular weight excluding hydrogens is 405 g/mol. The number of aromatic nitrogens is 2. The Labute approximate surface area is 174 Å². The summed E-state index contributed by atoms with van der Waals surface area (Å²) in [5.74, 6) is -1.34. The Morgan fingerprint density at radius 1 is 1.23 bits per heavy atom. The minimum absolute atomic E-state index is 0.0246. The van der Waals surface area contributed by atoms with Crippen LogP contribution in [0.3, 0.4) is 0 Å². The monoisotopic (exact) mass is 423 g/mol. The molecule has 2 aromatic heterocycles. The van der Waals surface area contributed by atoms with E-state index in [4.69, 9.17) is 4.74 Å². The van der Waals surface area contributed by atoms with Gasteiger partial charge in [0, 0.05) is 18.7 Å². The zero-order chi connectivity index (χ0) is 21.7. The second-order valence-electron chi connectivity index (χ2n) is 8.18. The van der Waals surface area contributed by atoms with Crippen molar-refractivity contribution in [2.75, 3.05) is 11.9 Å². The summed E-state index contributed by atoms with van der Waals surface area (Å²) in [5.41, 5.74) is 0.125. The van der Waals surface area contributed by atoms with Crippen LogP contribution < -0.4 is 16.3 Å². The van der Waals surface area contributed by atoms with E-state index in [1.54, 1.807) is 13.0 Å². The highest BCUT2D eigenvalue weighted by Crippen LogP contribution is 2.39. The number of anilines is 1. The van der Waals surface area contributed by atoms with Crippen LogP contribution in [0, 0.1) is 5.82 Å². The van der Waals surface area contributed by atoms with Crippen molar-refractivity contribution in [3.63, 3.8) is 0 Å². The molecule has 0 fully saturated rings. The van der Waals surface area contributed by atoms with Gasteiger partial charge >= 0.3 is 5.97 Å². The molecule has 0 unspecified atom stereocenters. The van der Waals surface area contributed by atoms with Crippen molar-refractivity contribution in [2.24, 2.45) is 0 Å². The minimum atomic E-state index is -1.95. The predicted molar refractivity (Wildman–Crippen MR) is 109 cm³/mol. The molecule has 8 nitrogen and oxygen atoms in total. The fraction of sp³-hybridized carbons (Fsp3) is 0.318. The molecule has 3 aliphatic rings. The lowest BCUT2D eigenvalue weighted by atomic mass is 9.85. The van der Waals surface area contributed by atoms with Crippen molar-refractivity contribution < 1.29 is 19.0 Å². The van der Waals surface area contributed by atoms with Gasteiger partial charge in [-0.1, -0.05) is 6.92 Å². The van der Waals surface area contributed by atoms with Crippen LogP contribution in [0.2, 0.25) is 0 Å². The summed E-state index contributed by atoms with van der Waals surface area (Å²) in [6.07, 6.45) is 0.0246. The molecule has 0 spiro atoms. The van der Waals surface area contributed by atoms with Crippen molar-refractivity contribution >= 4 is 22.6 Å². The number of carbonyl (C=O) groups is 1. The Kier molecular flexibility index (Phi) is 3.44. The van der Waals surface area contributed by atoms with Crippen LogP contribution in [0.1, 0.15) is 30.2 Å². The van der Waals surface area contributed by atoms with Crippen LogP contribution in [0.25, 0.3) is 22.2 Å². The number of benzene rings is 1. The third kappa shape index (κ3) is 2.13. The summed E-state index contributed by atoms with van der Waals surface area (Å²) in [6, 6.07) is 4.12. The van der Waals surface area contributed by atoms with Crippen LogP contribution >= 0.6 is 0 Å². The topological polar surface area (TPSA) is 103 Å². The largest absolute Gasteiger partial charge is 0.458 e. The summed E-state index contributed by atoms with van der Waals surface area (Å²) < 4.78 is 22.7. The van der Waals surface area contributed by atoms with Crippen molar-refractivity contribution in [3.8, 4) is 11.3 Å². The molecule has 0 saturated carbocycles. The summed E-state index contributed by atoms with van der Waals surface area (Å²) in [4.78, 5) is 39.1. The van der Waals surface area contributed by atoms with E-state index in [0.29, 0.717) is 41.2 Å². The van der Waals surface area contributed by atoms with Gasteiger partial charge in [0.2, 0.25) is 0 Å². The molecule has 158 valence electrons. The second-order valence-corrected chi connectivity index (χ2v) is 8.18. The van der Waals surface area contributed by atoms with E-state index in [1.807, 2.05) is 4.57 Å². The number of hydrogen-bond acceptors (Lipinski definition) is 6. The molecule has 0 amide bonds. The maximum atomic E-state index is 14.2. The normalized spacial score (nSPS) is 20.7. The minimum Gasteiger partial charge on any atom is -0.458 e. The lowest BCUT2D eigenvalue weighted by Gasteiger charge is -2.31. The highest BCUT2D eigenvalue weighted by molar-refractivity contribution is 5.95. The van der Waals surface area contributed by atoms with Crippen LogP contribution in [0.15, 0.2) is 27.8 Å². The smallest absolute Gasteiger partial charge is 0.343 e. The summed E-state index contributed by atoms with van der Waals surface area (Å²) >= 11 is 0. The van der Waals surface area contributed by atoms with Gasteiger partial charge in [-0.05, 0) is 24.6 Å². The maximum absolute atomic E-state index is 14.2. The van der Waals surface area contributed by atoms with Crippen LogP contribution in [-0.2, 0) is 34.8 Å². The summed E-state index contributed by atoms with van der Waals surface area (Å²) in [7, 11) is 0. The van der Waals surface area contributed by atoms with Gasteiger partial charge in [-0.15, -0.1) is 0 Å². The Balaban J connectivity index is 1.73. The summed E-state index contributed by atoms with van der Waals surface area (Å²) in [6.45, 7) is 2.69. The Bertz CT molecular complexity index is 1470. The molecule has 1 atom stereocenters. The number of ether oxygens (including phenoxy) is 1. The van der Waals surface area contributed by atoms with Gasteiger partial charge in [-0.3, -0.25) is 9.59 Å². The van der Waals surface area contributed by atoms with Crippen molar-refractivity contribution in [1.29, 1.82) is 0 Å². The molecule has 0 bridgehead atoms. The summed E-state index contributed by atoms with van der Waals surface area (Å²) in [5, 5.41) is 14.3. The van der Waals surface area contributed by atoms with E-state index >= 15 is 0 Å². The van der Waals surface area contributed by atoms with E-state index in [9.17, 15) is 23.9 Å². The average molecular weight is 423 g/mol. The number of aliphatic hydroxyl groups is 1. The van der Waals surface area contributed by atoms with Crippen molar-refractivity contribution in [1.82, 2.24) is 9.13 Å². The standard InChI is InChI=1S/C22H18FN3O5/c1-2-22(30)13-7-15-17-16(8-26(15)20(28)12(13)9-31-21(22)29)25-4-3-24-14-6-10(23)5-11(18(14)25)19(17)27/h5-7,24,30H,2-4,8-9H2,1H3/t22-/m0/s1. The molecule has 1 aromatic carbocycles. The fourth-order valence-corrected chi connectivity index (χ4v) is 5.12. The number of pyridine rings is 2. The lowest BCUT2D eigenvalue weighted by molar-refractivity contribution is -0.172. The highest BCUT2D eigenvalue weighted by atomic mass is 19.1. The number of nitrogens with one attached hydrogen (secondary N) is 1. The molecule has 3 aliphatic heterocycles. The Hall–Kier alpha value is -3.46. The predicted octanol–water partition coefficient (Wildman–Crippen LogP) is 1.41. The Morgan fingerprint density at radius 2 is 2.03 bits per heavy atom.